The van der Waals surface area contributed by atoms with Crippen LogP contribution in [0.15, 0.2) is 162 Å². The average molecular weight is 652 g/mol. The second kappa shape index (κ2) is 11.4. The zero-order valence-corrected chi connectivity index (χ0v) is 27.6. The van der Waals surface area contributed by atoms with Gasteiger partial charge in [-0.25, -0.2) is 9.98 Å². The molecule has 5 aromatic rings. The summed E-state index contributed by atoms with van der Waals surface area (Å²) in [4.78, 5) is 11.6. The van der Waals surface area contributed by atoms with Crippen molar-refractivity contribution in [2.45, 2.75) is 29.7 Å². The fourth-order valence-electron chi connectivity index (χ4n) is 8.22. The SMILES string of the molecule is C1=CCC(C2=NC(c3ccccc3)NC(C3CC=C(c4ccc5c(c4)C4(c6ccccc6O5)c5ccccc5-c5ccccc54)S3)=N2)C=C1. The minimum Gasteiger partial charge on any atom is -0.457 e. The van der Waals surface area contributed by atoms with E-state index in [-0.39, 0.29) is 17.3 Å². The fraction of sp³-hybridized carbons (Fsp3) is 0.136. The van der Waals surface area contributed by atoms with Crippen LogP contribution in [-0.4, -0.2) is 16.9 Å². The van der Waals surface area contributed by atoms with E-state index in [4.69, 9.17) is 14.7 Å². The van der Waals surface area contributed by atoms with Crippen molar-refractivity contribution < 1.29 is 4.74 Å². The summed E-state index contributed by atoms with van der Waals surface area (Å²) < 4.78 is 6.67. The lowest BCUT2D eigenvalue weighted by molar-refractivity contribution is 0.436. The molecule has 0 aromatic heterocycles. The zero-order valence-electron chi connectivity index (χ0n) is 26.8. The van der Waals surface area contributed by atoms with Crippen LogP contribution < -0.4 is 10.1 Å². The average Bonchev–Trinajstić information content (AvgIpc) is 3.79. The quantitative estimate of drug-likeness (QED) is 0.206. The fourth-order valence-corrected chi connectivity index (χ4v) is 9.41. The molecule has 10 rings (SSSR count). The lowest BCUT2D eigenvalue weighted by Crippen LogP contribution is -2.39. The molecule has 5 aromatic carbocycles. The molecular weight excluding hydrogens is 619 g/mol. The smallest absolute Gasteiger partial charge is 0.147 e. The summed E-state index contributed by atoms with van der Waals surface area (Å²) in [5.74, 6) is 3.92. The van der Waals surface area contributed by atoms with E-state index in [1.54, 1.807) is 0 Å². The number of rotatable bonds is 4. The summed E-state index contributed by atoms with van der Waals surface area (Å²) in [7, 11) is 0. The van der Waals surface area contributed by atoms with Crippen molar-refractivity contribution in [2.24, 2.45) is 15.9 Å². The first-order valence-corrected chi connectivity index (χ1v) is 17.9. The van der Waals surface area contributed by atoms with Crippen LogP contribution in [0.2, 0.25) is 0 Å². The van der Waals surface area contributed by atoms with E-state index in [0.29, 0.717) is 0 Å². The molecule has 3 aliphatic heterocycles. The third-order valence-corrected chi connectivity index (χ3v) is 11.8. The summed E-state index contributed by atoms with van der Waals surface area (Å²) in [6.45, 7) is 0. The third-order valence-electron chi connectivity index (χ3n) is 10.4. The van der Waals surface area contributed by atoms with Gasteiger partial charge >= 0.3 is 0 Å². The van der Waals surface area contributed by atoms with Crippen LogP contribution in [-0.2, 0) is 5.41 Å². The number of ether oxygens (including phenoxy) is 1. The molecular formula is C44H33N3OS. The van der Waals surface area contributed by atoms with Gasteiger partial charge in [0.05, 0.1) is 10.7 Å². The molecule has 5 heteroatoms. The lowest BCUT2D eigenvalue weighted by Gasteiger charge is -2.39. The van der Waals surface area contributed by atoms with Gasteiger partial charge in [-0.15, -0.1) is 11.8 Å². The highest BCUT2D eigenvalue weighted by atomic mass is 32.2. The zero-order chi connectivity index (χ0) is 32.4. The number of para-hydroxylation sites is 1. The Morgan fingerprint density at radius 2 is 1.41 bits per heavy atom. The molecule has 0 saturated heterocycles. The van der Waals surface area contributed by atoms with Gasteiger partial charge in [-0.3, -0.25) is 0 Å². The number of nitrogens with zero attached hydrogens (tertiary/aromatic N) is 2. The first kappa shape index (κ1) is 28.6. The van der Waals surface area contributed by atoms with Crippen molar-refractivity contribution in [1.82, 2.24) is 5.32 Å². The normalized spacial score (nSPS) is 22.1. The van der Waals surface area contributed by atoms with Crippen LogP contribution in [0.25, 0.3) is 16.0 Å². The second-order valence-electron chi connectivity index (χ2n) is 13.2. The lowest BCUT2D eigenvalue weighted by atomic mass is 9.66. The molecule has 236 valence electrons. The Balaban J connectivity index is 1.04. The summed E-state index contributed by atoms with van der Waals surface area (Å²) in [6.07, 6.45) is 12.7. The van der Waals surface area contributed by atoms with Crippen LogP contribution in [0, 0.1) is 5.92 Å². The Kier molecular flexibility index (Phi) is 6.63. The number of hydrogen-bond donors (Lipinski definition) is 1. The first-order valence-electron chi connectivity index (χ1n) is 17.1. The van der Waals surface area contributed by atoms with Crippen LogP contribution in [0.4, 0.5) is 0 Å². The maximum absolute atomic E-state index is 6.67. The van der Waals surface area contributed by atoms with E-state index in [2.05, 4.69) is 157 Å². The minimum atomic E-state index is -0.470. The Hall–Kier alpha value is -5.39. The summed E-state index contributed by atoms with van der Waals surface area (Å²) in [6, 6.07) is 43.6. The minimum absolute atomic E-state index is 0.157. The molecule has 3 unspecified atom stereocenters. The van der Waals surface area contributed by atoms with E-state index in [1.165, 1.54) is 43.8 Å². The molecule has 1 spiro atoms. The molecule has 0 radical (unpaired) electrons. The number of fused-ring (bicyclic) bond motifs is 9. The first-order chi connectivity index (χ1) is 24.3. The summed E-state index contributed by atoms with van der Waals surface area (Å²) in [5, 5.41) is 3.89. The van der Waals surface area contributed by atoms with Crippen molar-refractivity contribution in [3.8, 4) is 22.6 Å². The maximum atomic E-state index is 6.67. The van der Waals surface area contributed by atoms with E-state index in [9.17, 15) is 0 Å². The van der Waals surface area contributed by atoms with Crippen molar-refractivity contribution in [1.29, 1.82) is 0 Å². The van der Waals surface area contributed by atoms with Gasteiger partial charge in [0.15, 0.2) is 0 Å². The molecule has 3 atom stereocenters. The van der Waals surface area contributed by atoms with Crippen LogP contribution in [0.5, 0.6) is 11.5 Å². The van der Waals surface area contributed by atoms with Crippen LogP contribution in [0.3, 0.4) is 0 Å². The largest absolute Gasteiger partial charge is 0.457 e. The molecule has 2 aliphatic carbocycles. The number of allylic oxidation sites excluding steroid dienone is 4. The molecule has 0 bridgehead atoms. The number of amidine groups is 2. The number of thioether (sulfide) groups is 1. The highest BCUT2D eigenvalue weighted by Crippen LogP contribution is 2.62. The van der Waals surface area contributed by atoms with Crippen molar-refractivity contribution in [3.63, 3.8) is 0 Å². The van der Waals surface area contributed by atoms with Crippen LogP contribution >= 0.6 is 11.8 Å². The predicted molar refractivity (Wildman–Crippen MR) is 201 cm³/mol. The Morgan fingerprint density at radius 1 is 0.694 bits per heavy atom. The number of benzene rings is 5. The molecule has 0 fully saturated rings. The molecule has 0 saturated carbocycles. The molecule has 4 nitrogen and oxygen atoms in total. The molecule has 1 N–H and O–H groups in total. The van der Waals surface area contributed by atoms with Gasteiger partial charge in [0.2, 0.25) is 0 Å². The Morgan fingerprint density at radius 3 is 2.18 bits per heavy atom. The standard InChI is InChI=1S/C44H33N3OS/c1-3-13-28(14-4-1)41-45-42(29-15-5-2-6-16-29)47-43(46-41)40-26-25-39(49-40)30-23-24-38-36(27-30)44(35-21-11-12-22-37(35)48-38)33-19-9-7-17-31(33)32-18-8-10-20-34(32)44/h1-15,17-25,27,29,40-41H,16,26H2,(H,45,46,47). The molecule has 3 heterocycles. The van der Waals surface area contributed by atoms with E-state index < -0.39 is 5.41 Å². The monoisotopic (exact) mass is 651 g/mol. The van der Waals surface area contributed by atoms with Crippen molar-refractivity contribution >= 4 is 28.3 Å². The van der Waals surface area contributed by atoms with Gasteiger partial charge in [-0.05, 0) is 64.4 Å². The van der Waals surface area contributed by atoms with Crippen molar-refractivity contribution in [3.05, 3.63) is 185 Å². The van der Waals surface area contributed by atoms with Gasteiger partial charge in [0, 0.05) is 21.9 Å². The predicted octanol–water partition coefficient (Wildman–Crippen LogP) is 10.2. The van der Waals surface area contributed by atoms with Gasteiger partial charge in [-0.1, -0.05) is 134 Å². The van der Waals surface area contributed by atoms with Crippen LogP contribution in [0.1, 0.15) is 52.4 Å². The van der Waals surface area contributed by atoms with E-state index >= 15 is 0 Å². The molecule has 5 aliphatic rings. The second-order valence-corrected chi connectivity index (χ2v) is 14.4. The number of aliphatic imine (C=N–C) groups is 2. The van der Waals surface area contributed by atoms with Gasteiger partial charge < -0.3 is 10.1 Å². The number of nitrogens with one attached hydrogen (secondary N) is 1. The van der Waals surface area contributed by atoms with Gasteiger partial charge in [-0.2, -0.15) is 0 Å². The highest BCUT2D eigenvalue weighted by molar-refractivity contribution is 8.09. The summed E-state index contributed by atoms with van der Waals surface area (Å²) in [5.41, 5.74) is 9.46. The Labute approximate surface area is 290 Å². The Bertz CT molecular complexity index is 2250. The van der Waals surface area contributed by atoms with E-state index in [1.807, 2.05) is 11.8 Å². The maximum Gasteiger partial charge on any atom is 0.147 e. The summed E-state index contributed by atoms with van der Waals surface area (Å²) >= 11 is 1.89. The van der Waals surface area contributed by atoms with E-state index in [0.717, 1.165) is 41.6 Å². The highest BCUT2D eigenvalue weighted by Gasteiger charge is 2.51. The van der Waals surface area contributed by atoms with Crippen molar-refractivity contribution in [2.75, 3.05) is 0 Å². The number of hydrogen-bond acceptors (Lipinski definition) is 5. The third kappa shape index (κ3) is 4.45. The van der Waals surface area contributed by atoms with Gasteiger partial charge in [0.25, 0.3) is 0 Å². The molecule has 49 heavy (non-hydrogen) atoms. The molecule has 0 amide bonds. The topological polar surface area (TPSA) is 46.0 Å². The van der Waals surface area contributed by atoms with Gasteiger partial charge in [0.1, 0.15) is 29.3 Å².